The van der Waals surface area contributed by atoms with Crippen molar-refractivity contribution < 1.29 is 9.21 Å². The Bertz CT molecular complexity index is 523. The molecule has 3 rings (SSSR count). The van der Waals surface area contributed by atoms with Crippen molar-refractivity contribution in [2.75, 3.05) is 0 Å². The fraction of sp³-hybridized carbons (Fsp3) is 0.471. The van der Waals surface area contributed by atoms with Gasteiger partial charge in [0.1, 0.15) is 5.76 Å². The van der Waals surface area contributed by atoms with Gasteiger partial charge in [-0.05, 0) is 36.4 Å². The second-order valence-corrected chi connectivity index (χ2v) is 6.83. The van der Waals surface area contributed by atoms with E-state index in [4.69, 9.17) is 4.42 Å². The first-order valence-corrected chi connectivity index (χ1v) is 8.79. The minimum absolute atomic E-state index is 0.0108. The van der Waals surface area contributed by atoms with Gasteiger partial charge >= 0.3 is 6.03 Å². The molecule has 1 fully saturated rings. The molecule has 0 atom stereocenters. The third-order valence-electron chi connectivity index (χ3n) is 4.07. The lowest BCUT2D eigenvalue weighted by Crippen LogP contribution is -2.44. The Balaban J connectivity index is 1.64. The molecule has 0 radical (unpaired) electrons. The number of rotatable bonds is 5. The van der Waals surface area contributed by atoms with E-state index in [1.807, 2.05) is 28.5 Å². The first-order valence-electron chi connectivity index (χ1n) is 7.91. The summed E-state index contributed by atoms with van der Waals surface area (Å²) in [4.78, 5) is 15.7. The predicted molar refractivity (Wildman–Crippen MR) is 87.7 cm³/mol. The molecule has 5 heteroatoms. The molecule has 2 aromatic heterocycles. The summed E-state index contributed by atoms with van der Waals surface area (Å²) < 4.78 is 5.41. The molecule has 2 heterocycles. The lowest BCUT2D eigenvalue weighted by molar-refractivity contribution is 0.180. The number of nitrogens with zero attached hydrogens (tertiary/aromatic N) is 1. The largest absolute Gasteiger partial charge is 0.467 e. The normalized spacial score (nSPS) is 15.6. The highest BCUT2D eigenvalue weighted by atomic mass is 32.1. The Hall–Kier alpha value is -1.75. The van der Waals surface area contributed by atoms with Gasteiger partial charge in [-0.3, -0.25) is 0 Å². The zero-order valence-corrected chi connectivity index (χ0v) is 13.5. The number of urea groups is 1. The number of hydrogen-bond donors (Lipinski definition) is 1. The summed E-state index contributed by atoms with van der Waals surface area (Å²) in [5.74, 6) is 0.815. The van der Waals surface area contributed by atoms with Crippen molar-refractivity contribution in [1.82, 2.24) is 10.2 Å². The zero-order chi connectivity index (χ0) is 15.2. The second-order valence-electron chi connectivity index (χ2n) is 5.80. The summed E-state index contributed by atoms with van der Waals surface area (Å²) in [7, 11) is 0. The third kappa shape index (κ3) is 4.13. The summed E-state index contributed by atoms with van der Waals surface area (Å²) in [6.45, 7) is 1.13. The van der Waals surface area contributed by atoms with Gasteiger partial charge in [0, 0.05) is 10.9 Å². The van der Waals surface area contributed by atoms with Crippen LogP contribution < -0.4 is 5.32 Å². The Morgan fingerprint density at radius 1 is 1.23 bits per heavy atom. The Morgan fingerprint density at radius 3 is 2.77 bits per heavy atom. The summed E-state index contributed by atoms with van der Waals surface area (Å²) in [5.41, 5.74) is 0. The molecule has 1 aliphatic rings. The number of nitrogens with one attached hydrogen (secondary N) is 1. The van der Waals surface area contributed by atoms with Crippen molar-refractivity contribution >= 4 is 17.4 Å². The Labute approximate surface area is 135 Å². The lowest BCUT2D eigenvalue weighted by Gasteiger charge is -2.27. The number of carbonyl (C=O) groups is 1. The molecule has 22 heavy (non-hydrogen) atoms. The highest BCUT2D eigenvalue weighted by Crippen LogP contribution is 2.19. The van der Waals surface area contributed by atoms with Gasteiger partial charge in [-0.15, -0.1) is 11.3 Å². The lowest BCUT2D eigenvalue weighted by atomic mass is 9.96. The molecule has 2 amide bonds. The van der Waals surface area contributed by atoms with Crippen LogP contribution in [-0.2, 0) is 13.1 Å². The van der Waals surface area contributed by atoms with Crippen LogP contribution in [0.15, 0.2) is 40.3 Å². The van der Waals surface area contributed by atoms with Gasteiger partial charge in [0.15, 0.2) is 0 Å². The van der Waals surface area contributed by atoms with E-state index in [0.717, 1.165) is 18.6 Å². The minimum Gasteiger partial charge on any atom is -0.467 e. The molecule has 0 unspecified atom stereocenters. The minimum atomic E-state index is 0.0108. The smallest absolute Gasteiger partial charge is 0.318 e. The van der Waals surface area contributed by atoms with Gasteiger partial charge in [0.2, 0.25) is 0 Å². The van der Waals surface area contributed by atoms with Crippen molar-refractivity contribution in [2.24, 2.45) is 0 Å². The van der Waals surface area contributed by atoms with E-state index in [2.05, 4.69) is 11.4 Å². The van der Waals surface area contributed by atoms with Crippen LogP contribution in [0.4, 0.5) is 4.79 Å². The molecule has 0 aliphatic heterocycles. The van der Waals surface area contributed by atoms with E-state index in [9.17, 15) is 4.79 Å². The number of hydrogen-bond acceptors (Lipinski definition) is 3. The van der Waals surface area contributed by atoms with Gasteiger partial charge in [0.25, 0.3) is 0 Å². The Morgan fingerprint density at radius 2 is 2.09 bits per heavy atom. The van der Waals surface area contributed by atoms with Crippen molar-refractivity contribution in [1.29, 1.82) is 0 Å². The van der Waals surface area contributed by atoms with Gasteiger partial charge < -0.3 is 14.6 Å². The molecule has 4 nitrogen and oxygen atoms in total. The van der Waals surface area contributed by atoms with Crippen LogP contribution in [0.5, 0.6) is 0 Å². The fourth-order valence-electron chi connectivity index (χ4n) is 2.89. The van der Waals surface area contributed by atoms with Crippen LogP contribution in [0.1, 0.15) is 42.7 Å². The number of furan rings is 1. The molecular formula is C17H22N2O2S. The second kappa shape index (κ2) is 7.49. The maximum Gasteiger partial charge on any atom is 0.318 e. The van der Waals surface area contributed by atoms with Crippen molar-refractivity contribution in [3.05, 3.63) is 46.5 Å². The molecule has 118 valence electrons. The molecule has 2 aromatic rings. The van der Waals surface area contributed by atoms with Gasteiger partial charge in [-0.25, -0.2) is 4.79 Å². The van der Waals surface area contributed by atoms with Crippen LogP contribution in [0.25, 0.3) is 0 Å². The molecular weight excluding hydrogens is 296 g/mol. The first-order chi connectivity index (χ1) is 10.8. The predicted octanol–water partition coefficient (Wildman–Crippen LogP) is 4.39. The van der Waals surface area contributed by atoms with Gasteiger partial charge in [-0.1, -0.05) is 25.3 Å². The van der Waals surface area contributed by atoms with E-state index >= 15 is 0 Å². The van der Waals surface area contributed by atoms with E-state index in [-0.39, 0.29) is 6.03 Å². The van der Waals surface area contributed by atoms with Crippen LogP contribution in [0, 0.1) is 0 Å². The summed E-state index contributed by atoms with van der Waals surface area (Å²) in [6.07, 6.45) is 7.57. The summed E-state index contributed by atoms with van der Waals surface area (Å²) in [6, 6.07) is 8.19. The summed E-state index contributed by atoms with van der Waals surface area (Å²) in [5, 5.41) is 5.23. The van der Waals surface area contributed by atoms with Crippen molar-refractivity contribution in [2.45, 2.75) is 51.2 Å². The molecule has 1 N–H and O–H groups in total. The number of carbonyl (C=O) groups excluding carboxylic acids is 1. The number of amides is 2. The van der Waals surface area contributed by atoms with Crippen LogP contribution in [0.2, 0.25) is 0 Å². The number of thiophene rings is 1. The van der Waals surface area contributed by atoms with Gasteiger partial charge in [-0.2, -0.15) is 0 Å². The quantitative estimate of drug-likeness (QED) is 0.889. The molecule has 1 saturated carbocycles. The highest BCUT2D eigenvalue weighted by Gasteiger charge is 2.21. The van der Waals surface area contributed by atoms with Crippen molar-refractivity contribution in [3.63, 3.8) is 0 Å². The van der Waals surface area contributed by atoms with Crippen LogP contribution in [-0.4, -0.2) is 17.0 Å². The molecule has 0 aromatic carbocycles. The highest BCUT2D eigenvalue weighted by molar-refractivity contribution is 7.09. The SMILES string of the molecule is O=C(NC1CCCCC1)N(Cc1ccco1)Cc1cccs1. The third-order valence-corrected chi connectivity index (χ3v) is 4.93. The maximum absolute atomic E-state index is 12.6. The molecule has 0 spiro atoms. The Kier molecular flexibility index (Phi) is 5.16. The zero-order valence-electron chi connectivity index (χ0n) is 12.7. The first kappa shape index (κ1) is 15.2. The molecule has 0 bridgehead atoms. The van der Waals surface area contributed by atoms with E-state index < -0.39 is 0 Å². The van der Waals surface area contributed by atoms with E-state index in [0.29, 0.717) is 19.1 Å². The summed E-state index contributed by atoms with van der Waals surface area (Å²) >= 11 is 1.68. The van der Waals surface area contributed by atoms with Crippen LogP contribution in [0.3, 0.4) is 0 Å². The van der Waals surface area contributed by atoms with E-state index in [1.54, 1.807) is 17.6 Å². The van der Waals surface area contributed by atoms with Gasteiger partial charge in [0.05, 0.1) is 19.4 Å². The topological polar surface area (TPSA) is 45.5 Å². The fourth-order valence-corrected chi connectivity index (χ4v) is 3.61. The molecule has 1 aliphatic carbocycles. The average molecular weight is 318 g/mol. The standard InChI is InChI=1S/C17H22N2O2S/c20-17(18-14-6-2-1-3-7-14)19(12-15-8-4-10-21-15)13-16-9-5-11-22-16/h4-5,8-11,14H,1-3,6-7,12-13H2,(H,18,20). The average Bonchev–Trinajstić information content (AvgIpc) is 3.21. The molecule has 0 saturated heterocycles. The monoisotopic (exact) mass is 318 g/mol. The van der Waals surface area contributed by atoms with Crippen LogP contribution >= 0.6 is 11.3 Å². The van der Waals surface area contributed by atoms with Crippen molar-refractivity contribution in [3.8, 4) is 0 Å². The maximum atomic E-state index is 12.6. The van der Waals surface area contributed by atoms with E-state index in [1.165, 1.54) is 24.1 Å².